The van der Waals surface area contributed by atoms with Crippen LogP contribution in [0.4, 0.5) is 5.95 Å². The minimum absolute atomic E-state index is 0. The highest BCUT2D eigenvalue weighted by Gasteiger charge is 2.03. The number of hydrazine groups is 1. The Bertz CT molecular complexity index is 497. The fourth-order valence-electron chi connectivity index (χ4n) is 0.942. The molecule has 0 amide bonds. The van der Waals surface area contributed by atoms with Crippen LogP contribution < -0.4 is 16.8 Å². The van der Waals surface area contributed by atoms with Gasteiger partial charge in [0, 0.05) is 12.4 Å². The molecule has 0 saturated heterocycles. The van der Waals surface area contributed by atoms with Crippen LogP contribution in [0.15, 0.2) is 17.2 Å². The van der Waals surface area contributed by atoms with Gasteiger partial charge in [0.1, 0.15) is 0 Å². The lowest BCUT2D eigenvalue weighted by Gasteiger charge is -1.98. The average Bonchev–Trinajstić information content (AvgIpc) is 2.18. The van der Waals surface area contributed by atoms with Gasteiger partial charge in [-0.2, -0.15) is 4.98 Å². The zero-order valence-electron chi connectivity index (χ0n) is 6.89. The van der Waals surface area contributed by atoms with Gasteiger partial charge in [-0.05, 0) is 0 Å². The Kier molecular flexibility index (Phi) is 2.95. The second-order valence-corrected chi connectivity index (χ2v) is 2.29. The molecule has 2 heterocycles. The minimum atomic E-state index is -0.369. The van der Waals surface area contributed by atoms with Gasteiger partial charge in [0.25, 0.3) is 5.56 Å². The van der Waals surface area contributed by atoms with Crippen molar-refractivity contribution < 1.29 is 0 Å². The Morgan fingerprint density at radius 3 is 2.79 bits per heavy atom. The summed E-state index contributed by atoms with van der Waals surface area (Å²) in [5.41, 5.74) is 2.32. The first-order valence-corrected chi connectivity index (χ1v) is 3.49. The summed E-state index contributed by atoms with van der Waals surface area (Å²) < 4.78 is 0. The average molecular weight is 215 g/mol. The van der Waals surface area contributed by atoms with Gasteiger partial charge in [0.15, 0.2) is 11.2 Å². The summed E-state index contributed by atoms with van der Waals surface area (Å²) in [4.78, 5) is 25.2. The molecule has 8 heteroatoms. The van der Waals surface area contributed by atoms with E-state index >= 15 is 0 Å². The summed E-state index contributed by atoms with van der Waals surface area (Å²) in [5.74, 6) is 5.24. The number of hydrogen-bond donors (Lipinski definition) is 3. The van der Waals surface area contributed by atoms with Crippen molar-refractivity contribution in [1.82, 2.24) is 19.9 Å². The molecule has 2 aromatic rings. The summed E-state index contributed by atoms with van der Waals surface area (Å²) in [6.45, 7) is 0. The van der Waals surface area contributed by atoms with E-state index in [9.17, 15) is 4.79 Å². The van der Waals surface area contributed by atoms with Crippen molar-refractivity contribution in [2.75, 3.05) is 5.43 Å². The summed E-state index contributed by atoms with van der Waals surface area (Å²) in [5, 5.41) is 0. The monoisotopic (exact) mass is 214 g/mol. The first-order valence-electron chi connectivity index (χ1n) is 3.49. The number of halogens is 1. The van der Waals surface area contributed by atoms with Gasteiger partial charge in [0.2, 0.25) is 5.95 Å². The van der Waals surface area contributed by atoms with Crippen LogP contribution in [0.1, 0.15) is 0 Å². The number of nitrogens with zero attached hydrogens (tertiary/aromatic N) is 3. The Morgan fingerprint density at radius 2 is 2.07 bits per heavy atom. The van der Waals surface area contributed by atoms with Crippen molar-refractivity contribution >= 4 is 29.5 Å². The molecule has 0 atom stereocenters. The molecule has 0 unspecified atom stereocenters. The highest BCUT2D eigenvalue weighted by Crippen LogP contribution is 1.99. The van der Waals surface area contributed by atoms with Gasteiger partial charge in [-0.3, -0.25) is 15.2 Å². The van der Waals surface area contributed by atoms with E-state index in [4.69, 9.17) is 5.84 Å². The van der Waals surface area contributed by atoms with Crippen LogP contribution in [0.2, 0.25) is 0 Å². The molecule has 4 N–H and O–H groups in total. The third kappa shape index (κ3) is 1.63. The Hall–Kier alpha value is -1.73. The van der Waals surface area contributed by atoms with E-state index in [2.05, 4.69) is 25.4 Å². The molecule has 0 aliphatic carbocycles. The van der Waals surface area contributed by atoms with E-state index in [1.807, 2.05) is 0 Å². The third-order valence-corrected chi connectivity index (χ3v) is 1.48. The third-order valence-electron chi connectivity index (χ3n) is 1.48. The van der Waals surface area contributed by atoms with E-state index in [1.54, 1.807) is 0 Å². The predicted molar refractivity (Wildman–Crippen MR) is 53.0 cm³/mol. The van der Waals surface area contributed by atoms with E-state index in [-0.39, 0.29) is 35.1 Å². The first-order chi connectivity index (χ1) is 6.31. The molecule has 2 rings (SSSR count). The minimum Gasteiger partial charge on any atom is -0.294 e. The summed E-state index contributed by atoms with van der Waals surface area (Å²) in [7, 11) is 0. The molecule has 0 aromatic carbocycles. The number of H-pyrrole nitrogens is 1. The van der Waals surface area contributed by atoms with Crippen LogP contribution in [0.5, 0.6) is 0 Å². The van der Waals surface area contributed by atoms with Gasteiger partial charge in [0.05, 0.1) is 0 Å². The molecule has 2 aromatic heterocycles. The van der Waals surface area contributed by atoms with Crippen LogP contribution in [0, 0.1) is 0 Å². The maximum absolute atomic E-state index is 11.3. The zero-order chi connectivity index (χ0) is 9.26. The molecule has 0 aliphatic rings. The van der Waals surface area contributed by atoms with Crippen molar-refractivity contribution in [2.24, 2.45) is 5.84 Å². The van der Waals surface area contributed by atoms with E-state index in [0.29, 0.717) is 0 Å². The number of rotatable bonds is 1. The largest absolute Gasteiger partial charge is 0.294 e. The molecular weight excluding hydrogens is 208 g/mol. The maximum Gasteiger partial charge on any atom is 0.280 e. The molecule has 0 aliphatic heterocycles. The molecule has 0 radical (unpaired) electrons. The number of aromatic amines is 1. The van der Waals surface area contributed by atoms with Gasteiger partial charge in [-0.15, -0.1) is 12.4 Å². The van der Waals surface area contributed by atoms with Gasteiger partial charge in [-0.25, -0.2) is 15.8 Å². The molecule has 74 valence electrons. The van der Waals surface area contributed by atoms with Crippen LogP contribution >= 0.6 is 12.4 Å². The quantitative estimate of drug-likeness (QED) is 0.433. The lowest BCUT2D eigenvalue weighted by molar-refractivity contribution is 1.08. The van der Waals surface area contributed by atoms with Gasteiger partial charge >= 0.3 is 0 Å². The molecule has 0 bridgehead atoms. The van der Waals surface area contributed by atoms with E-state index in [1.165, 1.54) is 12.4 Å². The Morgan fingerprint density at radius 1 is 1.36 bits per heavy atom. The second kappa shape index (κ2) is 3.99. The second-order valence-electron chi connectivity index (χ2n) is 2.29. The molecular formula is C6H7ClN6O. The number of nitrogen functional groups attached to an aromatic ring is 1. The van der Waals surface area contributed by atoms with E-state index in [0.717, 1.165) is 0 Å². The van der Waals surface area contributed by atoms with E-state index < -0.39 is 0 Å². The number of aromatic nitrogens is 4. The number of hydrogen-bond acceptors (Lipinski definition) is 6. The lowest BCUT2D eigenvalue weighted by Crippen LogP contribution is -2.17. The highest BCUT2D eigenvalue weighted by atomic mass is 35.5. The van der Waals surface area contributed by atoms with Gasteiger partial charge < -0.3 is 0 Å². The molecule has 14 heavy (non-hydrogen) atoms. The Labute approximate surface area is 84.2 Å². The van der Waals surface area contributed by atoms with Crippen LogP contribution in [-0.4, -0.2) is 19.9 Å². The molecule has 7 nitrogen and oxygen atoms in total. The van der Waals surface area contributed by atoms with Crippen LogP contribution in [0.3, 0.4) is 0 Å². The lowest BCUT2D eigenvalue weighted by atomic mass is 10.5. The van der Waals surface area contributed by atoms with Crippen molar-refractivity contribution in [2.45, 2.75) is 0 Å². The fourth-order valence-corrected chi connectivity index (χ4v) is 0.942. The standard InChI is InChI=1S/C6H6N6O.ClH/c7-12-6-10-4-3(5(13)11-6)8-1-2-9-4;/h1-2H,7H2,(H2,9,10,11,12,13);1H. The van der Waals surface area contributed by atoms with Crippen molar-refractivity contribution in [1.29, 1.82) is 0 Å². The zero-order valence-corrected chi connectivity index (χ0v) is 7.71. The molecule has 0 saturated carbocycles. The summed E-state index contributed by atoms with van der Waals surface area (Å²) in [6, 6.07) is 0. The van der Waals surface area contributed by atoms with Gasteiger partial charge in [-0.1, -0.05) is 0 Å². The van der Waals surface area contributed by atoms with Crippen LogP contribution in [-0.2, 0) is 0 Å². The number of nitrogens with one attached hydrogen (secondary N) is 2. The maximum atomic E-state index is 11.3. The topological polar surface area (TPSA) is 110 Å². The Balaban J connectivity index is 0.000000980. The SMILES string of the molecule is Cl.NNc1nc2nccnc2c(=O)[nH]1. The van der Waals surface area contributed by atoms with Crippen molar-refractivity contribution in [3.05, 3.63) is 22.7 Å². The van der Waals surface area contributed by atoms with Crippen molar-refractivity contribution in [3.63, 3.8) is 0 Å². The van der Waals surface area contributed by atoms with Crippen molar-refractivity contribution in [3.8, 4) is 0 Å². The highest BCUT2D eigenvalue weighted by molar-refractivity contribution is 5.85. The summed E-state index contributed by atoms with van der Waals surface area (Å²) in [6.07, 6.45) is 2.88. The number of anilines is 1. The smallest absolute Gasteiger partial charge is 0.280 e. The van der Waals surface area contributed by atoms with Crippen LogP contribution in [0.25, 0.3) is 11.2 Å². The summed E-state index contributed by atoms with van der Waals surface area (Å²) >= 11 is 0. The normalized spacial score (nSPS) is 9.50. The predicted octanol–water partition coefficient (Wildman–Crippen LogP) is -0.580. The molecule has 0 spiro atoms. The number of nitrogens with two attached hydrogens (primary N) is 1. The fraction of sp³-hybridized carbons (Fsp3) is 0. The first kappa shape index (κ1) is 10.4. The number of fused-ring (bicyclic) bond motifs is 1. The molecule has 0 fully saturated rings.